The Morgan fingerprint density at radius 3 is 2.48 bits per heavy atom. The molecule has 0 aromatic carbocycles. The molecular weight excluding hydrogens is 268 g/mol. The van der Waals surface area contributed by atoms with Crippen LogP contribution in [0, 0.1) is 5.92 Å². The van der Waals surface area contributed by atoms with Gasteiger partial charge in [0.25, 0.3) is 0 Å². The maximum atomic E-state index is 12.5. The molecule has 1 saturated heterocycles. The number of carbonyl (C=O) groups is 1. The number of likely N-dealkylation sites (tertiary alicyclic amines) is 1. The molecule has 0 aromatic rings. The molecule has 6 nitrogen and oxygen atoms in total. The average Bonchev–Trinajstić information content (AvgIpc) is 2.55. The second kappa shape index (κ2) is 7.00. The zero-order valence-corrected chi connectivity index (χ0v) is 13.0. The number of amides is 2. The van der Waals surface area contributed by atoms with Gasteiger partial charge in [0.2, 0.25) is 0 Å². The predicted molar refractivity (Wildman–Crippen MR) is 82.3 cm³/mol. The van der Waals surface area contributed by atoms with Gasteiger partial charge in [-0.25, -0.2) is 4.79 Å². The number of piperidine rings is 1. The van der Waals surface area contributed by atoms with Gasteiger partial charge in [0, 0.05) is 13.1 Å². The smallest absolute Gasteiger partial charge is 0.318 e. The van der Waals surface area contributed by atoms with E-state index in [9.17, 15) is 4.79 Å². The van der Waals surface area contributed by atoms with Gasteiger partial charge in [0.05, 0.1) is 0 Å². The van der Waals surface area contributed by atoms with Crippen LogP contribution in [-0.4, -0.2) is 40.6 Å². The number of rotatable bonds is 3. The molecule has 0 atom stereocenters. The Morgan fingerprint density at radius 1 is 1.33 bits per heavy atom. The zero-order chi connectivity index (χ0) is 15.3. The fraction of sp³-hybridized carbons (Fsp3) is 0.867. The van der Waals surface area contributed by atoms with Crippen molar-refractivity contribution in [2.24, 2.45) is 16.8 Å². The number of nitrogens with two attached hydrogens (primary N) is 1. The number of oxime groups is 1. The monoisotopic (exact) mass is 296 g/mol. The van der Waals surface area contributed by atoms with E-state index in [2.05, 4.69) is 17.4 Å². The van der Waals surface area contributed by atoms with Gasteiger partial charge in [-0.05, 0) is 50.9 Å². The van der Waals surface area contributed by atoms with Crippen LogP contribution in [0.1, 0.15) is 58.3 Å². The molecule has 2 rings (SSSR count). The van der Waals surface area contributed by atoms with Gasteiger partial charge in [0.1, 0.15) is 5.54 Å². The first-order valence-electron chi connectivity index (χ1n) is 8.16. The largest absolute Gasteiger partial charge is 0.409 e. The van der Waals surface area contributed by atoms with Crippen LogP contribution in [0.4, 0.5) is 4.79 Å². The number of hydrogen-bond acceptors (Lipinski definition) is 3. The average molecular weight is 296 g/mol. The predicted octanol–water partition coefficient (Wildman–Crippen LogP) is 2.27. The van der Waals surface area contributed by atoms with E-state index in [0.717, 1.165) is 58.0 Å². The first-order valence-corrected chi connectivity index (χ1v) is 8.16. The molecule has 6 heteroatoms. The van der Waals surface area contributed by atoms with Crippen molar-refractivity contribution in [3.05, 3.63) is 0 Å². The van der Waals surface area contributed by atoms with E-state index in [1.54, 1.807) is 0 Å². The third kappa shape index (κ3) is 3.60. The van der Waals surface area contributed by atoms with Crippen molar-refractivity contribution < 1.29 is 10.0 Å². The zero-order valence-electron chi connectivity index (χ0n) is 13.0. The van der Waals surface area contributed by atoms with Crippen molar-refractivity contribution in [1.29, 1.82) is 0 Å². The number of carbonyl (C=O) groups excluding carboxylic acids is 1. The number of amidine groups is 1. The van der Waals surface area contributed by atoms with Gasteiger partial charge in [-0.15, -0.1) is 0 Å². The quantitative estimate of drug-likeness (QED) is 0.323. The number of nitrogens with zero attached hydrogens (tertiary/aromatic N) is 2. The summed E-state index contributed by atoms with van der Waals surface area (Å²) in [7, 11) is 0. The lowest BCUT2D eigenvalue weighted by atomic mass is 9.75. The van der Waals surface area contributed by atoms with Crippen LogP contribution < -0.4 is 11.1 Å². The van der Waals surface area contributed by atoms with Gasteiger partial charge >= 0.3 is 6.03 Å². The number of urea groups is 1. The van der Waals surface area contributed by atoms with Gasteiger partial charge < -0.3 is 21.2 Å². The summed E-state index contributed by atoms with van der Waals surface area (Å²) in [6.45, 7) is 3.79. The molecule has 0 aromatic heterocycles. The minimum absolute atomic E-state index is 0.0729. The van der Waals surface area contributed by atoms with Crippen LogP contribution >= 0.6 is 0 Å². The Bertz CT molecular complexity index is 383. The number of hydrogen-bond donors (Lipinski definition) is 3. The molecule has 4 N–H and O–H groups in total. The van der Waals surface area contributed by atoms with Crippen LogP contribution in [0.15, 0.2) is 5.16 Å². The van der Waals surface area contributed by atoms with E-state index in [-0.39, 0.29) is 11.9 Å². The lowest BCUT2D eigenvalue weighted by molar-refractivity contribution is 0.165. The molecule has 2 amide bonds. The van der Waals surface area contributed by atoms with Crippen LogP contribution in [-0.2, 0) is 0 Å². The first-order chi connectivity index (χ1) is 10.1. The maximum Gasteiger partial charge on any atom is 0.318 e. The van der Waals surface area contributed by atoms with Crippen molar-refractivity contribution in [2.75, 3.05) is 13.1 Å². The fourth-order valence-electron chi connectivity index (χ4n) is 3.50. The summed E-state index contributed by atoms with van der Waals surface area (Å²) in [5, 5.41) is 15.4. The maximum absolute atomic E-state index is 12.5. The molecule has 0 bridgehead atoms. The van der Waals surface area contributed by atoms with E-state index in [1.165, 1.54) is 6.42 Å². The highest BCUT2D eigenvalue weighted by molar-refractivity contribution is 5.93. The third-order valence-corrected chi connectivity index (χ3v) is 5.12. The molecule has 120 valence electrons. The summed E-state index contributed by atoms with van der Waals surface area (Å²) < 4.78 is 0. The first kappa shape index (κ1) is 15.9. The summed E-state index contributed by atoms with van der Waals surface area (Å²) in [5.41, 5.74) is 5.24. The van der Waals surface area contributed by atoms with E-state index < -0.39 is 5.54 Å². The van der Waals surface area contributed by atoms with Gasteiger partial charge in [0.15, 0.2) is 5.84 Å². The number of nitrogens with one attached hydrogen (secondary N) is 1. The molecule has 1 aliphatic carbocycles. The lowest BCUT2D eigenvalue weighted by Gasteiger charge is -2.41. The minimum Gasteiger partial charge on any atom is -0.409 e. The Hall–Kier alpha value is -1.46. The van der Waals surface area contributed by atoms with E-state index in [4.69, 9.17) is 10.9 Å². The second-order valence-corrected chi connectivity index (χ2v) is 6.40. The Kier molecular flexibility index (Phi) is 5.31. The van der Waals surface area contributed by atoms with Crippen molar-refractivity contribution >= 4 is 11.9 Å². The van der Waals surface area contributed by atoms with Crippen molar-refractivity contribution in [1.82, 2.24) is 10.2 Å². The van der Waals surface area contributed by atoms with Crippen LogP contribution in [0.3, 0.4) is 0 Å². The summed E-state index contributed by atoms with van der Waals surface area (Å²) in [4.78, 5) is 14.3. The molecule has 0 spiro atoms. The summed E-state index contributed by atoms with van der Waals surface area (Å²) in [6, 6.07) is -0.0729. The molecule has 0 radical (unpaired) electrons. The standard InChI is InChI=1S/C15H28N4O2/c1-2-12-6-8-15(9-7-12,13(16)18-21)17-14(20)19-10-4-3-5-11-19/h12,21H,2-11H2,1H3,(H2,16,18)(H,17,20). The topological polar surface area (TPSA) is 91.0 Å². The van der Waals surface area contributed by atoms with E-state index in [1.807, 2.05) is 4.90 Å². The van der Waals surface area contributed by atoms with Gasteiger partial charge in [-0.2, -0.15) is 0 Å². The highest BCUT2D eigenvalue weighted by atomic mass is 16.4. The van der Waals surface area contributed by atoms with Gasteiger partial charge in [-0.1, -0.05) is 18.5 Å². The van der Waals surface area contributed by atoms with Crippen molar-refractivity contribution in [3.63, 3.8) is 0 Å². The second-order valence-electron chi connectivity index (χ2n) is 6.40. The minimum atomic E-state index is -0.672. The highest BCUT2D eigenvalue weighted by Crippen LogP contribution is 2.34. The molecular formula is C15H28N4O2. The molecule has 2 fully saturated rings. The normalized spacial score (nSPS) is 31.0. The molecule has 1 aliphatic heterocycles. The SMILES string of the molecule is CCC1CCC(NC(=O)N2CCCCC2)(C(N)=NO)CC1. The Morgan fingerprint density at radius 2 is 1.95 bits per heavy atom. The molecule has 1 heterocycles. The summed E-state index contributed by atoms with van der Waals surface area (Å²) in [6.07, 6.45) is 7.96. The van der Waals surface area contributed by atoms with Crippen LogP contribution in [0.25, 0.3) is 0 Å². The van der Waals surface area contributed by atoms with Crippen LogP contribution in [0.2, 0.25) is 0 Å². The third-order valence-electron chi connectivity index (χ3n) is 5.12. The molecule has 1 saturated carbocycles. The Balaban J connectivity index is 2.04. The summed E-state index contributed by atoms with van der Waals surface area (Å²) in [5.74, 6) is 0.818. The highest BCUT2D eigenvalue weighted by Gasteiger charge is 2.41. The van der Waals surface area contributed by atoms with E-state index >= 15 is 0 Å². The van der Waals surface area contributed by atoms with Gasteiger partial charge in [-0.3, -0.25) is 0 Å². The van der Waals surface area contributed by atoms with Crippen molar-refractivity contribution in [2.45, 2.75) is 63.8 Å². The fourth-order valence-corrected chi connectivity index (χ4v) is 3.50. The van der Waals surface area contributed by atoms with Crippen molar-refractivity contribution in [3.8, 4) is 0 Å². The molecule has 0 unspecified atom stereocenters. The molecule has 2 aliphatic rings. The summed E-state index contributed by atoms with van der Waals surface area (Å²) >= 11 is 0. The lowest BCUT2D eigenvalue weighted by Crippen LogP contribution is -2.62. The van der Waals surface area contributed by atoms with Crippen LogP contribution in [0.5, 0.6) is 0 Å². The Labute approximate surface area is 126 Å². The molecule has 21 heavy (non-hydrogen) atoms. The van der Waals surface area contributed by atoms with E-state index in [0.29, 0.717) is 5.92 Å².